The summed E-state index contributed by atoms with van der Waals surface area (Å²) in [7, 11) is -3.69. The van der Waals surface area contributed by atoms with Crippen molar-refractivity contribution in [3.05, 3.63) is 101 Å². The second-order valence-electron chi connectivity index (χ2n) is 7.97. The minimum atomic E-state index is -3.69. The fourth-order valence-electron chi connectivity index (χ4n) is 4.46. The molecule has 29 heavy (non-hydrogen) atoms. The molecule has 0 N–H and O–H groups in total. The van der Waals surface area contributed by atoms with Crippen molar-refractivity contribution in [2.75, 3.05) is 0 Å². The number of aryl methyl sites for hydroxylation is 2. The second kappa shape index (κ2) is 6.60. The van der Waals surface area contributed by atoms with E-state index in [2.05, 4.69) is 31.2 Å². The molecule has 1 aromatic heterocycles. The molecule has 0 spiro atoms. The van der Waals surface area contributed by atoms with Gasteiger partial charge in [0.05, 0.1) is 10.4 Å². The van der Waals surface area contributed by atoms with Gasteiger partial charge in [0, 0.05) is 17.0 Å². The summed E-state index contributed by atoms with van der Waals surface area (Å²) in [6.07, 6.45) is 0.977. The Balaban J connectivity index is 1.71. The molecule has 1 aliphatic carbocycles. The Bertz CT molecular complexity index is 1300. The number of hydrogen-bond acceptors (Lipinski definition) is 2. The minimum absolute atomic E-state index is 0.213. The van der Waals surface area contributed by atoms with Crippen LogP contribution in [0.1, 0.15) is 40.6 Å². The Morgan fingerprint density at radius 2 is 1.45 bits per heavy atom. The van der Waals surface area contributed by atoms with Crippen LogP contribution in [0.2, 0.25) is 0 Å². The molecular weight excluding hydrogens is 378 g/mol. The first-order valence-corrected chi connectivity index (χ1v) is 11.4. The van der Waals surface area contributed by atoms with Gasteiger partial charge in [0.2, 0.25) is 0 Å². The van der Waals surface area contributed by atoms with Crippen LogP contribution >= 0.6 is 0 Å². The number of aromatic nitrogens is 1. The SMILES string of the molecule is Cc1ccc(S(=O)(=O)n2c(C3CC3c3ccccc3)c(C)c3ccccc32)cc1. The molecule has 0 bridgehead atoms. The molecule has 0 amide bonds. The maximum atomic E-state index is 13.7. The van der Waals surface area contributed by atoms with E-state index in [0.717, 1.165) is 34.1 Å². The van der Waals surface area contributed by atoms with Crippen LogP contribution in [0, 0.1) is 13.8 Å². The standard InChI is InChI=1S/C25H23NO2S/c1-17-12-14-20(15-13-17)29(27,28)26-24-11-7-6-10-21(24)18(2)25(26)23-16-22(23)19-8-4-3-5-9-19/h3-15,22-23H,16H2,1-2H3. The Labute approximate surface area is 171 Å². The summed E-state index contributed by atoms with van der Waals surface area (Å²) in [5.74, 6) is 0.580. The number of hydrogen-bond donors (Lipinski definition) is 0. The van der Waals surface area contributed by atoms with Gasteiger partial charge in [-0.1, -0.05) is 66.2 Å². The van der Waals surface area contributed by atoms with Crippen molar-refractivity contribution >= 4 is 20.9 Å². The molecule has 1 aliphatic rings. The number of fused-ring (bicyclic) bond motifs is 1. The highest BCUT2D eigenvalue weighted by atomic mass is 32.2. The molecular formula is C25H23NO2S. The van der Waals surface area contributed by atoms with Gasteiger partial charge in [-0.3, -0.25) is 0 Å². The predicted octanol–water partition coefficient (Wildman–Crippen LogP) is 5.77. The third-order valence-electron chi connectivity index (χ3n) is 6.06. The molecule has 1 heterocycles. The van der Waals surface area contributed by atoms with E-state index in [1.807, 2.05) is 49.4 Å². The molecule has 4 aromatic rings. The molecule has 2 unspecified atom stereocenters. The molecule has 1 fully saturated rings. The van der Waals surface area contributed by atoms with Crippen molar-refractivity contribution in [2.45, 2.75) is 37.0 Å². The maximum absolute atomic E-state index is 13.7. The molecule has 1 saturated carbocycles. The fraction of sp³-hybridized carbons (Fsp3) is 0.200. The Morgan fingerprint density at radius 1 is 0.793 bits per heavy atom. The Morgan fingerprint density at radius 3 is 2.17 bits per heavy atom. The average molecular weight is 402 g/mol. The minimum Gasteiger partial charge on any atom is -0.237 e. The van der Waals surface area contributed by atoms with Crippen LogP contribution in [0.15, 0.2) is 83.8 Å². The van der Waals surface area contributed by atoms with Crippen molar-refractivity contribution in [3.63, 3.8) is 0 Å². The summed E-state index contributed by atoms with van der Waals surface area (Å²) in [6.45, 7) is 4.02. The van der Waals surface area contributed by atoms with Crippen molar-refractivity contribution in [1.29, 1.82) is 0 Å². The highest BCUT2D eigenvalue weighted by Crippen LogP contribution is 2.56. The quantitative estimate of drug-likeness (QED) is 0.436. The molecule has 5 rings (SSSR count). The van der Waals surface area contributed by atoms with Gasteiger partial charge in [0.25, 0.3) is 10.0 Å². The number of rotatable bonds is 4. The van der Waals surface area contributed by atoms with Gasteiger partial charge in [-0.05, 0) is 55.5 Å². The summed E-state index contributed by atoms with van der Waals surface area (Å²) in [4.78, 5) is 0.335. The molecule has 2 atom stereocenters. The average Bonchev–Trinajstić information content (AvgIpc) is 3.47. The molecule has 0 radical (unpaired) electrons. The molecule has 146 valence electrons. The Kier molecular flexibility index (Phi) is 4.14. The van der Waals surface area contributed by atoms with E-state index in [9.17, 15) is 8.42 Å². The maximum Gasteiger partial charge on any atom is 0.268 e. The van der Waals surface area contributed by atoms with E-state index < -0.39 is 10.0 Å². The monoisotopic (exact) mass is 401 g/mol. The van der Waals surface area contributed by atoms with Gasteiger partial charge in [0.1, 0.15) is 0 Å². The number of nitrogens with zero attached hydrogens (tertiary/aromatic N) is 1. The van der Waals surface area contributed by atoms with E-state index in [4.69, 9.17) is 0 Å². The number of benzene rings is 3. The van der Waals surface area contributed by atoms with E-state index in [-0.39, 0.29) is 5.92 Å². The van der Waals surface area contributed by atoms with E-state index in [1.165, 1.54) is 5.56 Å². The molecule has 0 saturated heterocycles. The summed E-state index contributed by atoms with van der Waals surface area (Å²) < 4.78 is 29.1. The molecule has 4 heteroatoms. The van der Waals surface area contributed by atoms with Crippen molar-refractivity contribution < 1.29 is 8.42 Å². The molecule has 3 aromatic carbocycles. The van der Waals surface area contributed by atoms with Crippen LogP contribution in [-0.4, -0.2) is 12.4 Å². The lowest BCUT2D eigenvalue weighted by Gasteiger charge is -2.13. The van der Waals surface area contributed by atoms with Crippen molar-refractivity contribution in [1.82, 2.24) is 3.97 Å². The summed E-state index contributed by atoms with van der Waals surface area (Å²) in [6, 6.07) is 25.4. The predicted molar refractivity (Wildman–Crippen MR) is 117 cm³/mol. The van der Waals surface area contributed by atoms with Gasteiger partial charge in [-0.2, -0.15) is 0 Å². The zero-order valence-electron chi connectivity index (χ0n) is 16.5. The lowest BCUT2D eigenvalue weighted by atomic mass is 10.1. The van der Waals surface area contributed by atoms with Gasteiger partial charge in [0.15, 0.2) is 0 Å². The first-order valence-electron chi connectivity index (χ1n) is 9.95. The lowest BCUT2D eigenvalue weighted by Crippen LogP contribution is -2.16. The highest BCUT2D eigenvalue weighted by Gasteiger charge is 2.44. The summed E-state index contributed by atoms with van der Waals surface area (Å²) in [5, 5.41) is 1.01. The third-order valence-corrected chi connectivity index (χ3v) is 7.80. The van der Waals surface area contributed by atoms with Crippen LogP contribution in [0.3, 0.4) is 0 Å². The zero-order valence-corrected chi connectivity index (χ0v) is 17.4. The van der Waals surface area contributed by atoms with Gasteiger partial charge in [-0.25, -0.2) is 12.4 Å². The molecule has 0 aliphatic heterocycles. The van der Waals surface area contributed by atoms with Gasteiger partial charge < -0.3 is 0 Å². The van der Waals surface area contributed by atoms with Crippen LogP contribution in [0.5, 0.6) is 0 Å². The third kappa shape index (κ3) is 2.90. The lowest BCUT2D eigenvalue weighted by molar-refractivity contribution is 0.586. The smallest absolute Gasteiger partial charge is 0.237 e. The second-order valence-corrected chi connectivity index (χ2v) is 9.76. The number of para-hydroxylation sites is 1. The largest absolute Gasteiger partial charge is 0.268 e. The van der Waals surface area contributed by atoms with Crippen molar-refractivity contribution in [2.24, 2.45) is 0 Å². The van der Waals surface area contributed by atoms with E-state index in [1.54, 1.807) is 16.1 Å². The van der Waals surface area contributed by atoms with E-state index in [0.29, 0.717) is 10.8 Å². The van der Waals surface area contributed by atoms with Crippen LogP contribution in [-0.2, 0) is 10.0 Å². The fourth-order valence-corrected chi connectivity index (χ4v) is 6.10. The Hall–Kier alpha value is -2.85. The molecule has 3 nitrogen and oxygen atoms in total. The van der Waals surface area contributed by atoms with Crippen LogP contribution < -0.4 is 0 Å². The van der Waals surface area contributed by atoms with Gasteiger partial charge in [-0.15, -0.1) is 0 Å². The summed E-state index contributed by atoms with van der Waals surface area (Å²) >= 11 is 0. The zero-order chi connectivity index (χ0) is 20.2. The van der Waals surface area contributed by atoms with Crippen LogP contribution in [0.25, 0.3) is 10.9 Å². The first-order chi connectivity index (χ1) is 14.0. The van der Waals surface area contributed by atoms with E-state index >= 15 is 0 Å². The summed E-state index contributed by atoms with van der Waals surface area (Å²) in [5.41, 5.74) is 5.09. The topological polar surface area (TPSA) is 39.1 Å². The van der Waals surface area contributed by atoms with Gasteiger partial charge >= 0.3 is 0 Å². The van der Waals surface area contributed by atoms with Crippen LogP contribution in [0.4, 0.5) is 0 Å². The highest BCUT2D eigenvalue weighted by molar-refractivity contribution is 7.90. The normalized spacial score (nSPS) is 18.8. The van der Waals surface area contributed by atoms with Crippen molar-refractivity contribution in [3.8, 4) is 0 Å². The first kappa shape index (κ1) is 18.2.